The molecule has 5 atom stereocenters. The Morgan fingerprint density at radius 1 is 0.284 bits per heavy atom. The Balaban J connectivity index is 5.24. The third-order valence-corrected chi connectivity index (χ3v) is 17.7. The predicted molar refractivity (Wildman–Crippen MR) is 354 cm³/mol. The van der Waals surface area contributed by atoms with Gasteiger partial charge in [-0.05, 0) is 49.4 Å². The van der Waals surface area contributed by atoms with Crippen LogP contribution in [-0.4, -0.2) is 96.7 Å². The maximum atomic E-state index is 13.0. The van der Waals surface area contributed by atoms with Crippen molar-refractivity contribution >= 4 is 39.5 Å². The number of phosphoric acid groups is 2. The van der Waals surface area contributed by atoms with Crippen LogP contribution in [0.4, 0.5) is 0 Å². The van der Waals surface area contributed by atoms with Crippen molar-refractivity contribution in [1.82, 2.24) is 0 Å². The van der Waals surface area contributed by atoms with Gasteiger partial charge in [0, 0.05) is 25.7 Å². The average Bonchev–Trinajstić information content (AvgIpc) is 3.58. The van der Waals surface area contributed by atoms with Gasteiger partial charge in [-0.15, -0.1) is 0 Å². The maximum absolute atomic E-state index is 13.0. The number of rotatable bonds is 66. The fourth-order valence-corrected chi connectivity index (χ4v) is 11.9. The van der Waals surface area contributed by atoms with E-state index in [0.717, 1.165) is 108 Å². The van der Waals surface area contributed by atoms with Crippen molar-refractivity contribution in [2.24, 2.45) is 23.7 Å². The third-order valence-electron chi connectivity index (χ3n) is 15.8. The Kier molecular flexibility index (Phi) is 57.6. The van der Waals surface area contributed by atoms with Crippen molar-refractivity contribution in [3.8, 4) is 0 Å². The lowest BCUT2D eigenvalue weighted by Crippen LogP contribution is -2.30. The molecule has 0 fully saturated rings. The molecule has 0 spiro atoms. The standard InChI is InChI=1S/C69H134O17P2/c1-59(2)45-37-29-21-15-11-9-10-12-17-25-33-41-49-66(71)79-55-64(85-68(73)51-43-35-26-18-14-13-16-22-30-38-46-60(3)4)57-83-87(75,76)81-53-63(70)54-82-88(77,78)84-58-65(86-69(74)52-44-36-28-20-24-32-40-48-62(7)8)56-80-67(72)50-42-34-27-19-23-31-39-47-61(5)6/h59-65,70H,9-58H2,1-8H3,(H,75,76)(H,77,78)/t63?,64-,65-/m1/s1. The molecule has 0 aliphatic rings. The lowest BCUT2D eigenvalue weighted by atomic mass is 10.0. The number of aliphatic hydroxyl groups excluding tert-OH is 1. The summed E-state index contributed by atoms with van der Waals surface area (Å²) >= 11 is 0. The van der Waals surface area contributed by atoms with E-state index >= 15 is 0 Å². The number of ether oxygens (including phenoxy) is 4. The second kappa shape index (κ2) is 58.8. The van der Waals surface area contributed by atoms with Crippen molar-refractivity contribution in [2.75, 3.05) is 39.6 Å². The summed E-state index contributed by atoms with van der Waals surface area (Å²) in [7, 11) is -9.90. The second-order valence-corrected chi connectivity index (χ2v) is 29.7. The predicted octanol–water partition coefficient (Wildman–Crippen LogP) is 19.3. The molecule has 0 aromatic heterocycles. The van der Waals surface area contributed by atoms with Crippen LogP contribution < -0.4 is 0 Å². The van der Waals surface area contributed by atoms with Crippen molar-refractivity contribution in [2.45, 2.75) is 356 Å². The van der Waals surface area contributed by atoms with E-state index in [9.17, 15) is 43.2 Å². The van der Waals surface area contributed by atoms with Gasteiger partial charge in [-0.2, -0.15) is 0 Å². The molecule has 0 radical (unpaired) electrons. The van der Waals surface area contributed by atoms with Gasteiger partial charge in [0.25, 0.3) is 0 Å². The molecule has 0 aliphatic carbocycles. The molecule has 3 unspecified atom stereocenters. The molecule has 0 bridgehead atoms. The van der Waals surface area contributed by atoms with Crippen LogP contribution in [0.2, 0.25) is 0 Å². The number of unbranched alkanes of at least 4 members (excludes halogenated alkanes) is 32. The molecule has 0 saturated carbocycles. The largest absolute Gasteiger partial charge is 0.472 e. The molecule has 3 N–H and O–H groups in total. The van der Waals surface area contributed by atoms with Crippen LogP contribution in [0.15, 0.2) is 0 Å². The van der Waals surface area contributed by atoms with E-state index in [2.05, 4.69) is 55.4 Å². The van der Waals surface area contributed by atoms with E-state index in [1.54, 1.807) is 0 Å². The van der Waals surface area contributed by atoms with Crippen LogP contribution in [0.3, 0.4) is 0 Å². The van der Waals surface area contributed by atoms with Gasteiger partial charge in [0.2, 0.25) is 0 Å². The molecule has 0 amide bonds. The summed E-state index contributed by atoms with van der Waals surface area (Å²) in [6, 6.07) is 0. The van der Waals surface area contributed by atoms with E-state index in [0.29, 0.717) is 37.5 Å². The quantitative estimate of drug-likeness (QED) is 0.0222. The molecular weight excluding hydrogens is 1160 g/mol. The van der Waals surface area contributed by atoms with E-state index in [4.69, 9.17) is 37.0 Å². The molecule has 0 aromatic carbocycles. The number of phosphoric ester groups is 2. The highest BCUT2D eigenvalue weighted by Crippen LogP contribution is 2.45. The zero-order chi connectivity index (χ0) is 65.4. The molecule has 88 heavy (non-hydrogen) atoms. The summed E-state index contributed by atoms with van der Waals surface area (Å²) in [5, 5.41) is 10.6. The Labute approximate surface area is 537 Å². The van der Waals surface area contributed by atoms with Gasteiger partial charge >= 0.3 is 39.5 Å². The van der Waals surface area contributed by atoms with Crippen LogP contribution >= 0.6 is 15.6 Å². The first-order valence-electron chi connectivity index (χ1n) is 35.7. The second-order valence-electron chi connectivity index (χ2n) is 26.8. The smallest absolute Gasteiger partial charge is 0.462 e. The van der Waals surface area contributed by atoms with Crippen LogP contribution in [0.1, 0.15) is 338 Å². The van der Waals surface area contributed by atoms with E-state index in [-0.39, 0.29) is 25.7 Å². The fourth-order valence-electron chi connectivity index (χ4n) is 10.3. The Morgan fingerprint density at radius 3 is 0.705 bits per heavy atom. The van der Waals surface area contributed by atoms with Gasteiger partial charge in [-0.3, -0.25) is 37.3 Å². The molecule has 19 heteroatoms. The summed E-state index contributed by atoms with van der Waals surface area (Å²) in [5.74, 6) is 0.801. The highest BCUT2D eigenvalue weighted by molar-refractivity contribution is 7.47. The summed E-state index contributed by atoms with van der Waals surface area (Å²) in [6.07, 6.45) is 40.5. The van der Waals surface area contributed by atoms with Crippen molar-refractivity contribution < 1.29 is 80.2 Å². The summed E-state index contributed by atoms with van der Waals surface area (Å²) < 4.78 is 68.2. The van der Waals surface area contributed by atoms with Crippen molar-refractivity contribution in [1.29, 1.82) is 0 Å². The van der Waals surface area contributed by atoms with Gasteiger partial charge in [0.15, 0.2) is 12.2 Å². The minimum absolute atomic E-state index is 0.102. The molecule has 0 aromatic rings. The van der Waals surface area contributed by atoms with Crippen molar-refractivity contribution in [3.05, 3.63) is 0 Å². The summed E-state index contributed by atoms with van der Waals surface area (Å²) in [6.45, 7) is 14.0. The van der Waals surface area contributed by atoms with Gasteiger partial charge < -0.3 is 33.8 Å². The third kappa shape index (κ3) is 62.8. The van der Waals surface area contributed by atoms with Gasteiger partial charge in [-0.25, -0.2) is 9.13 Å². The van der Waals surface area contributed by atoms with Gasteiger partial charge in [-0.1, -0.05) is 287 Å². The Bertz CT molecular complexity index is 1750. The highest BCUT2D eigenvalue weighted by atomic mass is 31.2. The maximum Gasteiger partial charge on any atom is 0.472 e. The van der Waals surface area contributed by atoms with Crippen LogP contribution in [0.25, 0.3) is 0 Å². The van der Waals surface area contributed by atoms with E-state index in [1.165, 1.54) is 135 Å². The lowest BCUT2D eigenvalue weighted by Gasteiger charge is -2.21. The van der Waals surface area contributed by atoms with E-state index in [1.807, 2.05) is 0 Å². The lowest BCUT2D eigenvalue weighted by molar-refractivity contribution is -0.161. The number of aliphatic hydroxyl groups is 1. The minimum atomic E-state index is -4.95. The molecule has 0 heterocycles. The first-order valence-corrected chi connectivity index (χ1v) is 38.7. The molecule has 522 valence electrons. The molecular formula is C69H134O17P2. The molecule has 0 rings (SSSR count). The van der Waals surface area contributed by atoms with Crippen molar-refractivity contribution in [3.63, 3.8) is 0 Å². The topological polar surface area (TPSA) is 237 Å². The number of hydrogen-bond donors (Lipinski definition) is 3. The number of carbonyl (C=O) groups is 4. The first-order chi connectivity index (χ1) is 42.1. The number of esters is 4. The summed E-state index contributed by atoms with van der Waals surface area (Å²) in [5.41, 5.74) is 0. The average molecular weight is 1300 g/mol. The van der Waals surface area contributed by atoms with E-state index < -0.39 is 97.5 Å². The zero-order valence-corrected chi connectivity index (χ0v) is 59.1. The minimum Gasteiger partial charge on any atom is -0.462 e. The van der Waals surface area contributed by atoms with Gasteiger partial charge in [0.05, 0.1) is 26.4 Å². The number of hydrogen-bond acceptors (Lipinski definition) is 15. The van der Waals surface area contributed by atoms with Crippen LogP contribution in [0, 0.1) is 23.7 Å². The van der Waals surface area contributed by atoms with Gasteiger partial charge in [0.1, 0.15) is 19.3 Å². The highest BCUT2D eigenvalue weighted by Gasteiger charge is 2.30. The van der Waals surface area contributed by atoms with Crippen LogP contribution in [0.5, 0.6) is 0 Å². The first kappa shape index (κ1) is 86.1. The molecule has 0 saturated heterocycles. The molecule has 17 nitrogen and oxygen atoms in total. The normalized spacial score (nSPS) is 14.3. The zero-order valence-electron chi connectivity index (χ0n) is 57.3. The SMILES string of the molecule is CC(C)CCCCCCCCCCCCCCC(=O)OC[C@H](COP(=O)(O)OCC(O)COP(=O)(O)OC[C@@H](COC(=O)CCCCCCCCCC(C)C)OC(=O)CCCCCCCCCC(C)C)OC(=O)CCCCCCCCCCCCC(C)C. The monoisotopic (exact) mass is 1300 g/mol. The fraction of sp³-hybridized carbons (Fsp3) is 0.942. The number of carbonyl (C=O) groups excluding carboxylic acids is 4. The van der Waals surface area contributed by atoms with Crippen LogP contribution in [-0.2, 0) is 65.4 Å². The Hall–Kier alpha value is -1.94. The summed E-state index contributed by atoms with van der Waals surface area (Å²) in [4.78, 5) is 72.4. The Morgan fingerprint density at radius 2 is 0.477 bits per heavy atom. The molecule has 0 aliphatic heterocycles.